The Balaban J connectivity index is 1.77. The van der Waals surface area contributed by atoms with Gasteiger partial charge < -0.3 is 14.8 Å². The van der Waals surface area contributed by atoms with Crippen LogP contribution in [0.15, 0.2) is 6.20 Å². The van der Waals surface area contributed by atoms with E-state index in [1.165, 1.54) is 11.3 Å². The van der Waals surface area contributed by atoms with Gasteiger partial charge in [0.05, 0.1) is 18.5 Å². The maximum absolute atomic E-state index is 6.05. The van der Waals surface area contributed by atoms with Crippen molar-refractivity contribution >= 4 is 0 Å². The van der Waals surface area contributed by atoms with E-state index in [1.54, 1.807) is 7.11 Å². The highest BCUT2D eigenvalue weighted by molar-refractivity contribution is 5.41. The fourth-order valence-electron chi connectivity index (χ4n) is 3.76. The predicted molar refractivity (Wildman–Crippen MR) is 96.9 cm³/mol. The topological polar surface area (TPSA) is 61.2 Å². The van der Waals surface area contributed by atoms with E-state index in [-0.39, 0.29) is 12.1 Å². The molecule has 0 radical (unpaired) electrons. The first-order chi connectivity index (χ1) is 11.9. The smallest absolute Gasteiger partial charge is 0.128 e. The summed E-state index contributed by atoms with van der Waals surface area (Å²) in [5, 5.41) is 8.18. The Bertz CT molecular complexity index is 769. The summed E-state index contributed by atoms with van der Waals surface area (Å²) in [6.45, 7) is 9.70. The molecular weight excluding hydrogens is 316 g/mol. The van der Waals surface area contributed by atoms with Gasteiger partial charge in [0.25, 0.3) is 0 Å². The van der Waals surface area contributed by atoms with Crippen LogP contribution in [0.1, 0.15) is 46.3 Å². The lowest BCUT2D eigenvalue weighted by molar-refractivity contribution is 0.0973. The molecule has 1 saturated heterocycles. The third-order valence-corrected chi connectivity index (χ3v) is 5.22. The van der Waals surface area contributed by atoms with E-state index >= 15 is 0 Å². The normalized spacial score (nSPS) is 20.2. The maximum Gasteiger partial charge on any atom is 0.128 e. The summed E-state index contributed by atoms with van der Waals surface area (Å²) in [4.78, 5) is 4.58. The van der Waals surface area contributed by atoms with Gasteiger partial charge in [0.15, 0.2) is 0 Å². The highest BCUT2D eigenvalue weighted by Gasteiger charge is 2.33. The van der Waals surface area contributed by atoms with Gasteiger partial charge in [0, 0.05) is 54.8 Å². The van der Waals surface area contributed by atoms with E-state index < -0.39 is 0 Å². The highest BCUT2D eigenvalue weighted by atomic mass is 16.5. The summed E-state index contributed by atoms with van der Waals surface area (Å²) in [7, 11) is 3.69. The molecule has 6 heteroatoms. The second-order valence-corrected chi connectivity index (χ2v) is 6.82. The van der Waals surface area contributed by atoms with Crippen molar-refractivity contribution in [3.8, 4) is 5.75 Å². The molecule has 1 aliphatic heterocycles. The van der Waals surface area contributed by atoms with E-state index in [0.717, 1.165) is 41.3 Å². The van der Waals surface area contributed by atoms with Gasteiger partial charge in [-0.1, -0.05) is 0 Å². The van der Waals surface area contributed by atoms with Gasteiger partial charge in [0.1, 0.15) is 11.9 Å². The maximum atomic E-state index is 6.05. The number of aryl methyl sites for hydroxylation is 3. The van der Waals surface area contributed by atoms with Gasteiger partial charge in [-0.05, 0) is 34.1 Å². The quantitative estimate of drug-likeness (QED) is 0.904. The van der Waals surface area contributed by atoms with Crippen LogP contribution >= 0.6 is 0 Å². The highest BCUT2D eigenvalue weighted by Crippen LogP contribution is 2.33. The Labute approximate surface area is 149 Å². The zero-order chi connectivity index (χ0) is 18.1. The van der Waals surface area contributed by atoms with Crippen molar-refractivity contribution in [2.24, 2.45) is 7.05 Å². The molecule has 2 aromatic rings. The minimum Gasteiger partial charge on any atom is -0.496 e. The number of nitrogens with zero attached hydrogens (tertiary/aromatic N) is 3. The second kappa shape index (κ2) is 7.14. The number of hydrogen-bond donors (Lipinski definition) is 1. The first kappa shape index (κ1) is 17.9. The largest absolute Gasteiger partial charge is 0.496 e. The Hall–Kier alpha value is -1.92. The molecule has 0 unspecified atom stereocenters. The van der Waals surface area contributed by atoms with E-state index in [1.807, 2.05) is 24.9 Å². The first-order valence-electron chi connectivity index (χ1n) is 8.78. The van der Waals surface area contributed by atoms with Crippen LogP contribution in [0, 0.1) is 27.7 Å². The number of ether oxygens (including phenoxy) is 2. The van der Waals surface area contributed by atoms with E-state index in [4.69, 9.17) is 9.47 Å². The van der Waals surface area contributed by atoms with Crippen LogP contribution < -0.4 is 10.1 Å². The molecule has 2 atom stereocenters. The Morgan fingerprint density at radius 1 is 1.32 bits per heavy atom. The Morgan fingerprint density at radius 2 is 2.08 bits per heavy atom. The van der Waals surface area contributed by atoms with E-state index in [2.05, 4.69) is 36.2 Å². The van der Waals surface area contributed by atoms with Gasteiger partial charge in [-0.25, -0.2) is 0 Å². The van der Waals surface area contributed by atoms with E-state index in [0.29, 0.717) is 6.54 Å². The lowest BCUT2D eigenvalue weighted by Gasteiger charge is -2.21. The molecule has 0 aliphatic carbocycles. The summed E-state index contributed by atoms with van der Waals surface area (Å²) >= 11 is 0. The molecule has 25 heavy (non-hydrogen) atoms. The van der Waals surface area contributed by atoms with Gasteiger partial charge in [0.2, 0.25) is 0 Å². The average Bonchev–Trinajstić information content (AvgIpc) is 3.11. The van der Waals surface area contributed by atoms with Gasteiger partial charge in [-0.2, -0.15) is 5.10 Å². The van der Waals surface area contributed by atoms with Gasteiger partial charge >= 0.3 is 0 Å². The Kier molecular flexibility index (Phi) is 5.11. The number of rotatable bonds is 5. The molecule has 1 fully saturated rings. The SMILES string of the molecule is COc1c(C)cnc(CN[C@@H]2CCO[C@H]2c2c(C)nn(C)c2C)c1C. The molecule has 6 nitrogen and oxygen atoms in total. The Morgan fingerprint density at radius 3 is 2.72 bits per heavy atom. The zero-order valence-corrected chi connectivity index (χ0v) is 16.0. The number of pyridine rings is 1. The lowest BCUT2D eigenvalue weighted by atomic mass is 10.00. The molecule has 0 aromatic carbocycles. The fraction of sp³-hybridized carbons (Fsp3) is 0.579. The van der Waals surface area contributed by atoms with E-state index in [9.17, 15) is 0 Å². The van der Waals surface area contributed by atoms with Crippen LogP contribution in [0.2, 0.25) is 0 Å². The van der Waals surface area contributed by atoms with Crippen molar-refractivity contribution in [2.45, 2.75) is 52.8 Å². The molecule has 0 bridgehead atoms. The molecule has 0 saturated carbocycles. The minimum absolute atomic E-state index is 0.0429. The first-order valence-corrected chi connectivity index (χ1v) is 8.78. The summed E-state index contributed by atoms with van der Waals surface area (Å²) in [5.41, 5.74) is 6.61. The summed E-state index contributed by atoms with van der Waals surface area (Å²) in [6.07, 6.45) is 2.91. The standard InChI is InChI=1S/C19H28N4O2/c1-11-9-20-16(12(2)18(11)24-6)10-21-15-7-8-25-19(15)17-13(3)22-23(5)14(17)4/h9,15,19,21H,7-8,10H2,1-6H3/t15-,19-/m1/s1. The van der Waals surface area contributed by atoms with Gasteiger partial charge in [-0.3, -0.25) is 9.67 Å². The molecule has 1 N–H and O–H groups in total. The van der Waals surface area contributed by atoms with Crippen LogP contribution in [0.25, 0.3) is 0 Å². The van der Waals surface area contributed by atoms with Crippen molar-refractivity contribution in [2.75, 3.05) is 13.7 Å². The van der Waals surface area contributed by atoms with Crippen molar-refractivity contribution in [1.82, 2.24) is 20.1 Å². The molecular formula is C19H28N4O2. The van der Waals surface area contributed by atoms with Crippen LogP contribution in [0.4, 0.5) is 0 Å². The number of methoxy groups -OCH3 is 1. The predicted octanol–water partition coefficient (Wildman–Crippen LogP) is 2.68. The monoisotopic (exact) mass is 344 g/mol. The molecule has 0 amide bonds. The molecule has 0 spiro atoms. The number of nitrogens with one attached hydrogen (secondary N) is 1. The summed E-state index contributed by atoms with van der Waals surface area (Å²) < 4.78 is 13.5. The third-order valence-electron chi connectivity index (χ3n) is 5.22. The third kappa shape index (κ3) is 3.28. The molecule has 136 valence electrons. The van der Waals surface area contributed by atoms with Crippen molar-refractivity contribution in [3.63, 3.8) is 0 Å². The average molecular weight is 344 g/mol. The van der Waals surface area contributed by atoms with Crippen molar-refractivity contribution < 1.29 is 9.47 Å². The van der Waals surface area contributed by atoms with Crippen molar-refractivity contribution in [3.05, 3.63) is 40.0 Å². The second-order valence-electron chi connectivity index (χ2n) is 6.82. The molecule has 3 rings (SSSR count). The van der Waals surface area contributed by atoms with Crippen LogP contribution in [-0.4, -0.2) is 34.5 Å². The molecule has 2 aromatic heterocycles. The molecule has 1 aliphatic rings. The molecule has 3 heterocycles. The van der Waals surface area contributed by atoms with Crippen LogP contribution in [-0.2, 0) is 18.3 Å². The number of hydrogen-bond acceptors (Lipinski definition) is 5. The summed E-state index contributed by atoms with van der Waals surface area (Å²) in [6, 6.07) is 0.259. The van der Waals surface area contributed by atoms with Crippen LogP contribution in [0.5, 0.6) is 5.75 Å². The number of aromatic nitrogens is 3. The van der Waals surface area contributed by atoms with Crippen molar-refractivity contribution in [1.29, 1.82) is 0 Å². The zero-order valence-electron chi connectivity index (χ0n) is 16.0. The lowest BCUT2D eigenvalue weighted by Crippen LogP contribution is -2.32. The fourth-order valence-corrected chi connectivity index (χ4v) is 3.76. The minimum atomic E-state index is 0.0429. The summed E-state index contributed by atoms with van der Waals surface area (Å²) in [5.74, 6) is 0.921. The van der Waals surface area contributed by atoms with Crippen LogP contribution in [0.3, 0.4) is 0 Å². The van der Waals surface area contributed by atoms with Gasteiger partial charge in [-0.15, -0.1) is 0 Å².